The molecule has 5 nitrogen and oxygen atoms in total. The zero-order valence-corrected chi connectivity index (χ0v) is 20.7. The minimum absolute atomic E-state index is 0.188. The maximum absolute atomic E-state index is 13.4. The van der Waals surface area contributed by atoms with Gasteiger partial charge in [0.1, 0.15) is 0 Å². The Hall–Kier alpha value is -2.74. The van der Waals surface area contributed by atoms with Gasteiger partial charge in [0.25, 0.3) is 0 Å². The first-order valence-corrected chi connectivity index (χ1v) is 13.4. The maximum Gasteiger partial charge on any atom is 0.238 e. The van der Waals surface area contributed by atoms with Gasteiger partial charge >= 0.3 is 0 Å². The summed E-state index contributed by atoms with van der Waals surface area (Å²) in [7, 11) is -3.75. The van der Waals surface area contributed by atoms with Crippen molar-refractivity contribution in [3.05, 3.63) is 99.1 Å². The fourth-order valence-corrected chi connectivity index (χ4v) is 5.54. The lowest BCUT2D eigenvalue weighted by atomic mass is 10.2. The minimum atomic E-state index is -3.75. The molecule has 3 aromatic rings. The van der Waals surface area contributed by atoms with E-state index >= 15 is 0 Å². The summed E-state index contributed by atoms with van der Waals surface area (Å²) >= 11 is 1.61. The third-order valence-corrected chi connectivity index (χ3v) is 7.77. The smallest absolute Gasteiger partial charge is 0.238 e. The van der Waals surface area contributed by atoms with Gasteiger partial charge in [-0.05, 0) is 47.6 Å². The van der Waals surface area contributed by atoms with Gasteiger partial charge in [0.05, 0.1) is 13.1 Å². The Labute approximate surface area is 201 Å². The van der Waals surface area contributed by atoms with Crippen LogP contribution in [0.15, 0.2) is 77.5 Å². The fraction of sp³-hybridized carbons (Fsp3) is 0.269. The molecule has 1 heterocycles. The molecule has 0 saturated carbocycles. The number of sulfonamides is 1. The second-order valence-electron chi connectivity index (χ2n) is 7.85. The van der Waals surface area contributed by atoms with Crippen molar-refractivity contribution < 1.29 is 13.2 Å². The Morgan fingerprint density at radius 2 is 1.64 bits per heavy atom. The largest absolute Gasteiger partial charge is 0.332 e. The van der Waals surface area contributed by atoms with Crippen molar-refractivity contribution in [2.45, 2.75) is 33.4 Å². The zero-order chi connectivity index (χ0) is 23.7. The summed E-state index contributed by atoms with van der Waals surface area (Å²) in [4.78, 5) is 16.2. The Bertz CT molecular complexity index is 1160. The molecule has 174 valence electrons. The summed E-state index contributed by atoms with van der Waals surface area (Å²) < 4.78 is 27.4. The molecule has 0 spiro atoms. The number of hydrogen-bond acceptors (Lipinski definition) is 4. The molecule has 0 aliphatic heterocycles. The number of thiophene rings is 1. The number of benzene rings is 2. The number of rotatable bonds is 11. The van der Waals surface area contributed by atoms with E-state index in [1.165, 1.54) is 9.71 Å². The third-order valence-electron chi connectivity index (χ3n) is 5.25. The summed E-state index contributed by atoms with van der Waals surface area (Å²) in [6, 6.07) is 21.1. The Morgan fingerprint density at radius 3 is 2.24 bits per heavy atom. The monoisotopic (exact) mass is 482 g/mol. The second-order valence-corrected chi connectivity index (χ2v) is 10.7. The van der Waals surface area contributed by atoms with E-state index < -0.39 is 10.0 Å². The van der Waals surface area contributed by atoms with E-state index in [0.717, 1.165) is 21.6 Å². The molecule has 7 heteroatoms. The first kappa shape index (κ1) is 24.9. The lowest BCUT2D eigenvalue weighted by molar-refractivity contribution is -0.132. The Balaban J connectivity index is 1.80. The first-order chi connectivity index (χ1) is 15.9. The minimum Gasteiger partial charge on any atom is -0.332 e. The van der Waals surface area contributed by atoms with Crippen LogP contribution in [0, 0.1) is 6.92 Å². The van der Waals surface area contributed by atoms with Crippen molar-refractivity contribution in [2.24, 2.45) is 0 Å². The van der Waals surface area contributed by atoms with Gasteiger partial charge in [-0.2, -0.15) is 4.31 Å². The average Bonchev–Trinajstić information content (AvgIpc) is 3.22. The molecular weight excluding hydrogens is 452 g/mol. The highest BCUT2D eigenvalue weighted by Crippen LogP contribution is 2.20. The lowest BCUT2D eigenvalue weighted by Crippen LogP contribution is -2.42. The van der Waals surface area contributed by atoms with Crippen LogP contribution in [0.2, 0.25) is 0 Å². The molecule has 1 aromatic heterocycles. The van der Waals surface area contributed by atoms with Gasteiger partial charge in [-0.1, -0.05) is 67.6 Å². The van der Waals surface area contributed by atoms with Crippen molar-refractivity contribution in [3.8, 4) is 0 Å². The molecule has 1 amide bonds. The SMILES string of the molecule is CCCN(CC(=O)N(Cc1ccccc1)Cc1sccc1C)S(=O)(=O)/C=C/c1ccccc1. The summed E-state index contributed by atoms with van der Waals surface area (Å²) in [5.41, 5.74) is 2.94. The molecule has 0 aliphatic rings. The fourth-order valence-electron chi connectivity index (χ4n) is 3.39. The summed E-state index contributed by atoms with van der Waals surface area (Å²) in [6.07, 6.45) is 2.19. The van der Waals surface area contributed by atoms with Crippen LogP contribution >= 0.6 is 11.3 Å². The van der Waals surface area contributed by atoms with Crippen LogP contribution in [0.4, 0.5) is 0 Å². The highest BCUT2D eigenvalue weighted by Gasteiger charge is 2.25. The van der Waals surface area contributed by atoms with Crippen LogP contribution in [0.1, 0.15) is 34.9 Å². The number of carbonyl (C=O) groups is 1. The molecule has 0 fully saturated rings. The van der Waals surface area contributed by atoms with E-state index in [9.17, 15) is 13.2 Å². The molecule has 0 N–H and O–H groups in total. The summed E-state index contributed by atoms with van der Waals surface area (Å²) in [5, 5.41) is 3.20. The van der Waals surface area contributed by atoms with Gasteiger partial charge in [0.2, 0.25) is 15.9 Å². The highest BCUT2D eigenvalue weighted by molar-refractivity contribution is 7.92. The standard InChI is InChI=1S/C26H30N2O3S2/c1-3-16-28(33(30,31)18-15-23-10-6-4-7-11-23)21-26(29)27(19-24-12-8-5-9-13-24)20-25-22(2)14-17-32-25/h4-15,17-18H,3,16,19-21H2,1-2H3/b18-15+. The van der Waals surface area contributed by atoms with E-state index in [1.807, 2.05) is 86.0 Å². The number of hydrogen-bond donors (Lipinski definition) is 0. The van der Waals surface area contributed by atoms with E-state index in [2.05, 4.69) is 0 Å². The number of carbonyl (C=O) groups excluding carboxylic acids is 1. The van der Waals surface area contributed by atoms with E-state index in [1.54, 1.807) is 22.3 Å². The van der Waals surface area contributed by atoms with Gasteiger partial charge in [-0.3, -0.25) is 4.79 Å². The Kier molecular flexibility index (Phi) is 9.00. The molecule has 0 radical (unpaired) electrons. The molecule has 2 aromatic carbocycles. The predicted molar refractivity (Wildman–Crippen MR) is 136 cm³/mol. The van der Waals surface area contributed by atoms with Crippen molar-refractivity contribution in [3.63, 3.8) is 0 Å². The van der Waals surface area contributed by atoms with E-state index in [0.29, 0.717) is 19.5 Å². The average molecular weight is 483 g/mol. The van der Waals surface area contributed by atoms with Gasteiger partial charge in [0.15, 0.2) is 0 Å². The van der Waals surface area contributed by atoms with Crippen molar-refractivity contribution in [1.29, 1.82) is 0 Å². The van der Waals surface area contributed by atoms with Crippen LogP contribution in [0.3, 0.4) is 0 Å². The lowest BCUT2D eigenvalue weighted by Gasteiger charge is -2.26. The van der Waals surface area contributed by atoms with Gasteiger partial charge < -0.3 is 4.90 Å². The molecule has 0 bridgehead atoms. The second kappa shape index (κ2) is 11.9. The zero-order valence-electron chi connectivity index (χ0n) is 19.1. The molecule has 33 heavy (non-hydrogen) atoms. The molecular formula is C26H30N2O3S2. The van der Waals surface area contributed by atoms with Crippen molar-refractivity contribution in [2.75, 3.05) is 13.1 Å². The summed E-state index contributed by atoms with van der Waals surface area (Å²) in [5.74, 6) is -0.211. The van der Waals surface area contributed by atoms with Crippen molar-refractivity contribution in [1.82, 2.24) is 9.21 Å². The van der Waals surface area contributed by atoms with Gasteiger partial charge in [0, 0.05) is 23.4 Å². The molecule has 3 rings (SSSR count). The Morgan fingerprint density at radius 1 is 0.970 bits per heavy atom. The number of amides is 1. The topological polar surface area (TPSA) is 57.7 Å². The van der Waals surface area contributed by atoms with Crippen LogP contribution in [-0.2, 0) is 27.9 Å². The quantitative estimate of drug-likeness (QED) is 0.373. The number of nitrogens with zero attached hydrogens (tertiary/aromatic N) is 2. The van der Waals surface area contributed by atoms with Crippen LogP contribution in [0.5, 0.6) is 0 Å². The highest BCUT2D eigenvalue weighted by atomic mass is 32.2. The van der Waals surface area contributed by atoms with Gasteiger partial charge in [-0.15, -0.1) is 11.3 Å². The predicted octanol–water partition coefficient (Wildman–Crippen LogP) is 5.30. The normalized spacial score (nSPS) is 11.8. The summed E-state index contributed by atoms with van der Waals surface area (Å²) in [6.45, 7) is 4.91. The number of aryl methyl sites for hydroxylation is 1. The van der Waals surface area contributed by atoms with E-state index in [4.69, 9.17) is 0 Å². The van der Waals surface area contributed by atoms with E-state index in [-0.39, 0.29) is 19.0 Å². The molecule has 0 saturated heterocycles. The van der Waals surface area contributed by atoms with Crippen LogP contribution in [0.25, 0.3) is 6.08 Å². The van der Waals surface area contributed by atoms with Crippen LogP contribution in [-0.4, -0.2) is 36.6 Å². The first-order valence-electron chi connectivity index (χ1n) is 11.0. The third kappa shape index (κ3) is 7.39. The van der Waals surface area contributed by atoms with Crippen molar-refractivity contribution >= 4 is 33.3 Å². The van der Waals surface area contributed by atoms with Gasteiger partial charge in [-0.25, -0.2) is 8.42 Å². The molecule has 0 unspecified atom stereocenters. The molecule has 0 atom stereocenters. The maximum atomic E-state index is 13.4. The van der Waals surface area contributed by atoms with Crippen LogP contribution < -0.4 is 0 Å². The molecule has 0 aliphatic carbocycles.